The van der Waals surface area contributed by atoms with Gasteiger partial charge < -0.3 is 10.5 Å². The first-order valence-corrected chi connectivity index (χ1v) is 4.89. The van der Waals surface area contributed by atoms with E-state index in [1.807, 2.05) is 0 Å². The van der Waals surface area contributed by atoms with Gasteiger partial charge in [0.1, 0.15) is 11.4 Å². The maximum absolute atomic E-state index is 12.7. The molecule has 9 heteroatoms. The molecule has 0 unspecified atom stereocenters. The predicted octanol–water partition coefficient (Wildman–Crippen LogP) is 2.28. The van der Waals surface area contributed by atoms with Crippen molar-refractivity contribution in [2.75, 3.05) is 7.11 Å². The van der Waals surface area contributed by atoms with Crippen LogP contribution in [0.2, 0.25) is 0 Å². The second kappa shape index (κ2) is 5.47. The molecule has 0 fully saturated rings. The number of nitrogens with two attached hydrogens (primary N) is 1. The Hall–Kier alpha value is -1.77. The van der Waals surface area contributed by atoms with E-state index in [9.17, 15) is 26.7 Å². The highest BCUT2D eigenvalue weighted by atomic mass is 19.4. The molecule has 19 heavy (non-hydrogen) atoms. The van der Waals surface area contributed by atoms with E-state index in [0.717, 1.165) is 7.11 Å². The number of aromatic nitrogens is 1. The Labute approximate surface area is 104 Å². The fourth-order valence-electron chi connectivity index (χ4n) is 1.47. The lowest BCUT2D eigenvalue weighted by molar-refractivity contribution is -0.140. The maximum Gasteiger partial charge on any atom is 0.418 e. The molecule has 0 atom stereocenters. The number of pyridine rings is 1. The molecule has 1 heterocycles. The van der Waals surface area contributed by atoms with E-state index in [0.29, 0.717) is 6.07 Å². The fourth-order valence-corrected chi connectivity index (χ4v) is 1.47. The highest BCUT2D eigenvalue weighted by molar-refractivity contribution is 5.87. The summed E-state index contributed by atoms with van der Waals surface area (Å²) in [6, 6.07) is 0.695. The Balaban J connectivity index is 3.59. The molecule has 1 aromatic rings. The van der Waals surface area contributed by atoms with Gasteiger partial charge in [0.05, 0.1) is 12.7 Å². The van der Waals surface area contributed by atoms with Crippen LogP contribution in [0.4, 0.5) is 22.0 Å². The van der Waals surface area contributed by atoms with E-state index >= 15 is 0 Å². The van der Waals surface area contributed by atoms with Gasteiger partial charge in [-0.1, -0.05) is 0 Å². The van der Waals surface area contributed by atoms with Crippen LogP contribution in [0.1, 0.15) is 33.7 Å². The molecule has 0 saturated carbocycles. The summed E-state index contributed by atoms with van der Waals surface area (Å²) in [6.45, 7) is -0.666. The van der Waals surface area contributed by atoms with Gasteiger partial charge in [-0.3, -0.25) is 0 Å². The second-order valence-corrected chi connectivity index (χ2v) is 3.42. The monoisotopic (exact) mass is 284 g/mol. The third kappa shape index (κ3) is 3.16. The van der Waals surface area contributed by atoms with Gasteiger partial charge in [-0.25, -0.2) is 18.6 Å². The zero-order valence-electron chi connectivity index (χ0n) is 9.59. The predicted molar refractivity (Wildman–Crippen MR) is 53.4 cm³/mol. The standard InChI is InChI=1S/C10H9F5N2O2/c1-19-9(18)5-2-4(3-16)6(10(13,14)15)7(17-5)8(11)12/h2,8H,3,16H2,1H3. The SMILES string of the molecule is COC(=O)c1cc(CN)c(C(F)(F)F)c(C(F)F)n1. The van der Waals surface area contributed by atoms with Crippen molar-refractivity contribution in [2.45, 2.75) is 19.1 Å². The van der Waals surface area contributed by atoms with Crippen molar-refractivity contribution < 1.29 is 31.5 Å². The lowest BCUT2D eigenvalue weighted by atomic mass is 10.0. The van der Waals surface area contributed by atoms with E-state index in [2.05, 4.69) is 9.72 Å². The van der Waals surface area contributed by atoms with Crippen LogP contribution in [0, 0.1) is 0 Å². The average Bonchev–Trinajstić information content (AvgIpc) is 2.34. The van der Waals surface area contributed by atoms with Gasteiger partial charge >= 0.3 is 12.1 Å². The number of esters is 1. The van der Waals surface area contributed by atoms with Crippen LogP contribution < -0.4 is 5.73 Å². The molecule has 0 amide bonds. The van der Waals surface area contributed by atoms with Crippen molar-refractivity contribution in [1.82, 2.24) is 4.98 Å². The van der Waals surface area contributed by atoms with Crippen molar-refractivity contribution in [3.63, 3.8) is 0 Å². The second-order valence-electron chi connectivity index (χ2n) is 3.42. The Bertz CT molecular complexity index is 488. The minimum Gasteiger partial charge on any atom is -0.464 e. The molecular formula is C10H9F5N2O2. The summed E-state index contributed by atoms with van der Waals surface area (Å²) < 4.78 is 67.7. The smallest absolute Gasteiger partial charge is 0.418 e. The van der Waals surface area contributed by atoms with E-state index in [1.165, 1.54) is 0 Å². The highest BCUT2D eigenvalue weighted by Crippen LogP contribution is 2.38. The molecule has 0 aromatic carbocycles. The summed E-state index contributed by atoms with van der Waals surface area (Å²) in [5.41, 5.74) is 0.670. The van der Waals surface area contributed by atoms with Crippen LogP contribution in [-0.4, -0.2) is 18.1 Å². The van der Waals surface area contributed by atoms with Crippen molar-refractivity contribution in [1.29, 1.82) is 0 Å². The van der Waals surface area contributed by atoms with Gasteiger partial charge in [0, 0.05) is 6.54 Å². The first-order chi connectivity index (χ1) is 8.72. The number of nitrogens with zero attached hydrogens (tertiary/aromatic N) is 1. The first kappa shape index (κ1) is 15.3. The molecule has 0 radical (unpaired) electrons. The Morgan fingerprint density at radius 2 is 2.05 bits per heavy atom. The topological polar surface area (TPSA) is 65.2 Å². The van der Waals surface area contributed by atoms with Gasteiger partial charge in [0.25, 0.3) is 6.43 Å². The molecule has 0 saturated heterocycles. The van der Waals surface area contributed by atoms with Gasteiger partial charge in [0.2, 0.25) is 0 Å². The molecular weight excluding hydrogens is 275 g/mol. The van der Waals surface area contributed by atoms with Crippen molar-refractivity contribution in [3.05, 3.63) is 28.6 Å². The molecule has 0 aliphatic heterocycles. The van der Waals surface area contributed by atoms with Crippen LogP contribution in [0.25, 0.3) is 0 Å². The number of halogens is 5. The van der Waals surface area contributed by atoms with E-state index in [1.54, 1.807) is 0 Å². The highest BCUT2D eigenvalue weighted by Gasteiger charge is 2.40. The summed E-state index contributed by atoms with van der Waals surface area (Å²) in [6.07, 6.45) is -8.53. The number of carbonyl (C=O) groups is 1. The van der Waals surface area contributed by atoms with Gasteiger partial charge in [-0.2, -0.15) is 13.2 Å². The Morgan fingerprint density at radius 3 is 2.42 bits per heavy atom. The molecule has 4 nitrogen and oxygen atoms in total. The van der Waals surface area contributed by atoms with Crippen LogP contribution in [-0.2, 0) is 17.5 Å². The van der Waals surface area contributed by atoms with E-state index in [4.69, 9.17) is 5.73 Å². The van der Waals surface area contributed by atoms with Crippen LogP contribution in [0.5, 0.6) is 0 Å². The lowest BCUT2D eigenvalue weighted by Gasteiger charge is -2.16. The number of rotatable bonds is 3. The quantitative estimate of drug-likeness (QED) is 0.683. The number of carbonyl (C=O) groups excluding carboxylic acids is 1. The van der Waals surface area contributed by atoms with E-state index < -0.39 is 47.6 Å². The van der Waals surface area contributed by atoms with Crippen LogP contribution in [0.3, 0.4) is 0 Å². The summed E-state index contributed by atoms with van der Waals surface area (Å²) in [5, 5.41) is 0. The number of ether oxygens (including phenoxy) is 1. The Morgan fingerprint density at radius 1 is 1.47 bits per heavy atom. The normalized spacial score (nSPS) is 11.8. The third-order valence-electron chi connectivity index (χ3n) is 2.23. The minimum atomic E-state index is -5.04. The molecule has 106 valence electrons. The summed E-state index contributed by atoms with van der Waals surface area (Å²) >= 11 is 0. The molecule has 2 N–H and O–H groups in total. The van der Waals surface area contributed by atoms with Crippen molar-refractivity contribution in [2.24, 2.45) is 5.73 Å². The first-order valence-electron chi connectivity index (χ1n) is 4.89. The van der Waals surface area contributed by atoms with Crippen LogP contribution >= 0.6 is 0 Å². The number of methoxy groups -OCH3 is 1. The summed E-state index contributed by atoms with van der Waals surface area (Å²) in [5.74, 6) is -1.12. The van der Waals surface area contributed by atoms with Crippen LogP contribution in [0.15, 0.2) is 6.07 Å². The van der Waals surface area contributed by atoms with Gasteiger partial charge in [-0.05, 0) is 11.6 Å². The summed E-state index contributed by atoms with van der Waals surface area (Å²) in [4.78, 5) is 14.2. The van der Waals surface area contributed by atoms with Crippen molar-refractivity contribution in [3.8, 4) is 0 Å². The lowest BCUT2D eigenvalue weighted by Crippen LogP contribution is -2.19. The summed E-state index contributed by atoms with van der Waals surface area (Å²) in [7, 11) is 0.950. The zero-order valence-corrected chi connectivity index (χ0v) is 9.59. The van der Waals surface area contributed by atoms with Gasteiger partial charge in [-0.15, -0.1) is 0 Å². The number of alkyl halides is 5. The molecule has 0 aliphatic rings. The maximum atomic E-state index is 12.7. The van der Waals surface area contributed by atoms with E-state index in [-0.39, 0.29) is 0 Å². The Kier molecular flexibility index (Phi) is 4.40. The molecule has 0 aliphatic carbocycles. The molecule has 0 bridgehead atoms. The zero-order chi connectivity index (χ0) is 14.8. The van der Waals surface area contributed by atoms with Crippen molar-refractivity contribution >= 4 is 5.97 Å². The average molecular weight is 284 g/mol. The molecule has 1 rings (SSSR count). The van der Waals surface area contributed by atoms with Gasteiger partial charge in [0.15, 0.2) is 0 Å². The number of hydrogen-bond donors (Lipinski definition) is 1. The minimum absolute atomic E-state index is 0.641. The largest absolute Gasteiger partial charge is 0.464 e. The third-order valence-corrected chi connectivity index (χ3v) is 2.23. The fraction of sp³-hybridized carbons (Fsp3) is 0.400. The number of hydrogen-bond acceptors (Lipinski definition) is 4. The molecule has 1 aromatic heterocycles. The molecule has 0 spiro atoms.